The number of aryl methyl sites for hydroxylation is 2. The maximum atomic E-state index is 12.2. The summed E-state index contributed by atoms with van der Waals surface area (Å²) in [6, 6.07) is 11.5. The lowest BCUT2D eigenvalue weighted by atomic mass is 10.1. The molecule has 130 valence electrons. The van der Waals surface area contributed by atoms with E-state index in [2.05, 4.69) is 22.4 Å². The van der Waals surface area contributed by atoms with Crippen molar-refractivity contribution in [2.75, 3.05) is 18.5 Å². The predicted molar refractivity (Wildman–Crippen MR) is 101 cm³/mol. The highest BCUT2D eigenvalue weighted by molar-refractivity contribution is 7.22. The van der Waals surface area contributed by atoms with E-state index in [0.29, 0.717) is 23.2 Å². The van der Waals surface area contributed by atoms with Crippen molar-refractivity contribution < 1.29 is 14.3 Å². The molecule has 0 unspecified atom stereocenters. The Labute approximate surface area is 150 Å². The molecule has 0 saturated carbocycles. The fourth-order valence-electron chi connectivity index (χ4n) is 2.57. The van der Waals surface area contributed by atoms with Crippen molar-refractivity contribution in [2.45, 2.75) is 20.8 Å². The fourth-order valence-corrected chi connectivity index (χ4v) is 3.63. The molecule has 0 bridgehead atoms. The van der Waals surface area contributed by atoms with Crippen LogP contribution in [0.2, 0.25) is 0 Å². The van der Waals surface area contributed by atoms with Crippen molar-refractivity contribution in [2.24, 2.45) is 0 Å². The Kier molecular flexibility index (Phi) is 5.19. The second kappa shape index (κ2) is 7.53. The molecule has 1 heterocycles. The van der Waals surface area contributed by atoms with Gasteiger partial charge in [-0.25, -0.2) is 4.98 Å². The third kappa shape index (κ3) is 4.09. The molecule has 5 nitrogen and oxygen atoms in total. The second-order valence-electron chi connectivity index (χ2n) is 5.66. The zero-order chi connectivity index (χ0) is 17.8. The number of benzene rings is 2. The molecule has 0 saturated heterocycles. The Morgan fingerprint density at radius 3 is 2.60 bits per heavy atom. The first-order valence-corrected chi connectivity index (χ1v) is 8.90. The molecule has 3 aromatic rings. The van der Waals surface area contributed by atoms with Crippen LogP contribution in [0.4, 0.5) is 5.13 Å². The van der Waals surface area contributed by atoms with E-state index in [1.807, 2.05) is 39.0 Å². The summed E-state index contributed by atoms with van der Waals surface area (Å²) in [5.74, 6) is 0.930. The average Bonchev–Trinajstić information content (AvgIpc) is 2.97. The largest absolute Gasteiger partial charge is 0.490 e. The minimum absolute atomic E-state index is 0.0992. The predicted octanol–water partition coefficient (Wildman–Crippen LogP) is 4.33. The van der Waals surface area contributed by atoms with Crippen molar-refractivity contribution in [3.8, 4) is 11.5 Å². The van der Waals surface area contributed by atoms with Gasteiger partial charge in [-0.05, 0) is 50.1 Å². The van der Waals surface area contributed by atoms with Crippen LogP contribution in [0.5, 0.6) is 11.5 Å². The summed E-state index contributed by atoms with van der Waals surface area (Å²) in [4.78, 5) is 16.7. The summed E-state index contributed by atoms with van der Waals surface area (Å²) in [6.45, 7) is 6.41. The lowest BCUT2D eigenvalue weighted by Gasteiger charge is -2.10. The molecule has 0 fully saturated rings. The number of fused-ring (bicyclic) bond motifs is 1. The standard InChI is InChI=1S/C19H20N2O3S/c1-4-23-14-7-5-6-8-15(14)24-11-17(22)20-19-21-18-13(3)9-12(2)10-16(18)25-19/h5-10H,4,11H2,1-3H3,(H,20,21,22). The van der Waals surface area contributed by atoms with Gasteiger partial charge < -0.3 is 9.47 Å². The highest BCUT2D eigenvalue weighted by Crippen LogP contribution is 2.29. The normalized spacial score (nSPS) is 10.7. The number of aromatic nitrogens is 1. The SMILES string of the molecule is CCOc1ccccc1OCC(=O)Nc1nc2c(C)cc(C)cc2s1. The number of hydrogen-bond acceptors (Lipinski definition) is 5. The van der Waals surface area contributed by atoms with Crippen molar-refractivity contribution in [3.63, 3.8) is 0 Å². The minimum Gasteiger partial charge on any atom is -0.490 e. The molecule has 1 amide bonds. The lowest BCUT2D eigenvalue weighted by Crippen LogP contribution is -2.20. The molecule has 25 heavy (non-hydrogen) atoms. The number of thiazole rings is 1. The smallest absolute Gasteiger partial charge is 0.264 e. The summed E-state index contributed by atoms with van der Waals surface area (Å²) < 4.78 is 12.1. The van der Waals surface area contributed by atoms with Gasteiger partial charge in [-0.15, -0.1) is 0 Å². The number of amides is 1. The van der Waals surface area contributed by atoms with Gasteiger partial charge in [-0.3, -0.25) is 10.1 Å². The Hall–Kier alpha value is -2.60. The monoisotopic (exact) mass is 356 g/mol. The van der Waals surface area contributed by atoms with Gasteiger partial charge in [0.1, 0.15) is 0 Å². The van der Waals surface area contributed by atoms with Gasteiger partial charge in [0, 0.05) is 0 Å². The van der Waals surface area contributed by atoms with Crippen LogP contribution in [0.3, 0.4) is 0 Å². The van der Waals surface area contributed by atoms with Crippen LogP contribution in [-0.4, -0.2) is 24.1 Å². The zero-order valence-electron chi connectivity index (χ0n) is 14.5. The third-order valence-corrected chi connectivity index (χ3v) is 4.50. The maximum absolute atomic E-state index is 12.2. The highest BCUT2D eigenvalue weighted by Gasteiger charge is 2.11. The third-order valence-electron chi connectivity index (χ3n) is 3.58. The number of anilines is 1. The maximum Gasteiger partial charge on any atom is 0.264 e. The van der Waals surface area contributed by atoms with Crippen LogP contribution < -0.4 is 14.8 Å². The van der Waals surface area contributed by atoms with Gasteiger partial charge in [0.05, 0.1) is 16.8 Å². The molecular formula is C19H20N2O3S. The van der Waals surface area contributed by atoms with E-state index in [0.717, 1.165) is 15.8 Å². The van der Waals surface area contributed by atoms with Crippen LogP contribution in [-0.2, 0) is 4.79 Å². The molecule has 0 spiro atoms. The van der Waals surface area contributed by atoms with Crippen LogP contribution in [0.1, 0.15) is 18.1 Å². The molecule has 6 heteroatoms. The summed E-state index contributed by atoms with van der Waals surface area (Å²) in [6.07, 6.45) is 0. The van der Waals surface area contributed by atoms with Crippen molar-refractivity contribution in [3.05, 3.63) is 47.5 Å². The number of nitrogens with one attached hydrogen (secondary N) is 1. The van der Waals surface area contributed by atoms with Crippen molar-refractivity contribution in [1.82, 2.24) is 4.98 Å². The van der Waals surface area contributed by atoms with Crippen molar-refractivity contribution >= 4 is 32.6 Å². The number of carbonyl (C=O) groups excluding carboxylic acids is 1. The summed E-state index contributed by atoms with van der Waals surface area (Å²) in [5, 5.41) is 3.38. The van der Waals surface area contributed by atoms with Crippen LogP contribution >= 0.6 is 11.3 Å². The first-order valence-electron chi connectivity index (χ1n) is 8.09. The van der Waals surface area contributed by atoms with Crippen LogP contribution in [0.25, 0.3) is 10.2 Å². The minimum atomic E-state index is -0.250. The first kappa shape index (κ1) is 17.2. The van der Waals surface area contributed by atoms with E-state index < -0.39 is 0 Å². The van der Waals surface area contributed by atoms with Gasteiger partial charge in [-0.2, -0.15) is 0 Å². The molecule has 2 aromatic carbocycles. The zero-order valence-corrected chi connectivity index (χ0v) is 15.3. The molecule has 1 aromatic heterocycles. The lowest BCUT2D eigenvalue weighted by molar-refractivity contribution is -0.118. The molecule has 0 aliphatic rings. The Morgan fingerprint density at radius 2 is 1.88 bits per heavy atom. The van der Waals surface area contributed by atoms with E-state index in [4.69, 9.17) is 9.47 Å². The quantitative estimate of drug-likeness (QED) is 0.714. The molecule has 1 N–H and O–H groups in total. The molecule has 3 rings (SSSR count). The number of rotatable bonds is 6. The number of carbonyl (C=O) groups is 1. The van der Waals surface area contributed by atoms with Gasteiger partial charge in [-0.1, -0.05) is 29.5 Å². The summed E-state index contributed by atoms with van der Waals surface area (Å²) in [7, 11) is 0. The van der Waals surface area contributed by atoms with Gasteiger partial charge in [0.25, 0.3) is 5.91 Å². The summed E-state index contributed by atoms with van der Waals surface area (Å²) >= 11 is 1.46. The van der Waals surface area contributed by atoms with Gasteiger partial charge in [0.15, 0.2) is 23.2 Å². The highest BCUT2D eigenvalue weighted by atomic mass is 32.1. The topological polar surface area (TPSA) is 60.5 Å². The van der Waals surface area contributed by atoms with Crippen LogP contribution in [0.15, 0.2) is 36.4 Å². The summed E-state index contributed by atoms with van der Waals surface area (Å²) in [5.41, 5.74) is 3.21. The number of para-hydroxylation sites is 2. The van der Waals surface area contributed by atoms with E-state index in [1.165, 1.54) is 16.9 Å². The van der Waals surface area contributed by atoms with E-state index in [9.17, 15) is 4.79 Å². The molecule has 0 aliphatic carbocycles. The van der Waals surface area contributed by atoms with Crippen molar-refractivity contribution in [1.29, 1.82) is 0 Å². The molecule has 0 radical (unpaired) electrons. The molecular weight excluding hydrogens is 336 g/mol. The number of nitrogens with zero attached hydrogens (tertiary/aromatic N) is 1. The van der Waals surface area contributed by atoms with Gasteiger partial charge in [0.2, 0.25) is 0 Å². The Morgan fingerprint density at radius 1 is 1.16 bits per heavy atom. The van der Waals surface area contributed by atoms with Gasteiger partial charge >= 0.3 is 0 Å². The molecule has 0 aliphatic heterocycles. The van der Waals surface area contributed by atoms with E-state index in [1.54, 1.807) is 6.07 Å². The number of ether oxygens (including phenoxy) is 2. The second-order valence-corrected chi connectivity index (χ2v) is 6.69. The van der Waals surface area contributed by atoms with E-state index >= 15 is 0 Å². The molecule has 0 atom stereocenters. The Balaban J connectivity index is 1.66. The van der Waals surface area contributed by atoms with E-state index in [-0.39, 0.29) is 12.5 Å². The van der Waals surface area contributed by atoms with Crippen LogP contribution in [0, 0.1) is 13.8 Å². The average molecular weight is 356 g/mol. The number of hydrogen-bond donors (Lipinski definition) is 1. The first-order chi connectivity index (χ1) is 12.1. The Bertz CT molecular complexity index is 905. The fraction of sp³-hybridized carbons (Fsp3) is 0.263.